The fraction of sp³-hybridized carbons (Fsp3) is 0.538. The zero-order valence-electron chi connectivity index (χ0n) is 10.1. The van der Waals surface area contributed by atoms with Crippen LogP contribution in [0, 0.1) is 0 Å². The molecule has 0 heterocycles. The number of benzene rings is 1. The highest BCUT2D eigenvalue weighted by molar-refractivity contribution is 6.30. The van der Waals surface area contributed by atoms with Crippen LogP contribution in [-0.4, -0.2) is 35.6 Å². The minimum absolute atomic E-state index is 0.0779. The van der Waals surface area contributed by atoms with Crippen LogP contribution in [0.4, 0.5) is 0 Å². The van der Waals surface area contributed by atoms with Crippen LogP contribution in [0.25, 0.3) is 0 Å². The first-order valence-electron chi connectivity index (χ1n) is 6.12. The first-order chi connectivity index (χ1) is 8.69. The van der Waals surface area contributed by atoms with Crippen molar-refractivity contribution < 1.29 is 14.9 Å². The van der Waals surface area contributed by atoms with Crippen molar-refractivity contribution in [3.8, 4) is 5.75 Å². The van der Waals surface area contributed by atoms with E-state index in [4.69, 9.17) is 21.4 Å². The van der Waals surface area contributed by atoms with Gasteiger partial charge in [-0.05, 0) is 31.0 Å². The number of hydrogen-bond donors (Lipinski definition) is 3. The Kier molecular flexibility index (Phi) is 4.83. The Morgan fingerprint density at radius 3 is 2.89 bits per heavy atom. The molecule has 0 radical (unpaired) electrons. The van der Waals surface area contributed by atoms with Crippen molar-refractivity contribution in [3.05, 3.63) is 28.8 Å². The second-order valence-electron chi connectivity index (χ2n) is 4.55. The normalized spacial score (nSPS) is 16.6. The van der Waals surface area contributed by atoms with Gasteiger partial charge in [-0.25, -0.2) is 0 Å². The number of aliphatic hydroxyl groups excluding tert-OH is 2. The molecule has 3 N–H and O–H groups in total. The number of aliphatic hydroxyl groups is 2. The highest BCUT2D eigenvalue weighted by Gasteiger charge is 2.20. The minimum atomic E-state index is -0.857. The summed E-state index contributed by atoms with van der Waals surface area (Å²) in [5.41, 5.74) is 0.972. The lowest BCUT2D eigenvalue weighted by Crippen LogP contribution is -2.22. The van der Waals surface area contributed by atoms with E-state index in [9.17, 15) is 5.11 Å². The molecule has 0 amide bonds. The smallest absolute Gasteiger partial charge is 0.124 e. The molecule has 1 fully saturated rings. The van der Waals surface area contributed by atoms with Crippen LogP contribution < -0.4 is 10.1 Å². The molecule has 1 aliphatic carbocycles. The lowest BCUT2D eigenvalue weighted by atomic mass is 10.2. The maximum atomic E-state index is 9.28. The standard InChI is InChI=1S/C13H18ClNO3/c14-10-1-4-13(18-8-12(17)7-16)9(5-10)6-15-11-2-3-11/h1,4-5,11-12,15-17H,2-3,6-8H2. The van der Waals surface area contributed by atoms with Crippen LogP contribution in [0.3, 0.4) is 0 Å². The average Bonchev–Trinajstić information content (AvgIpc) is 3.18. The van der Waals surface area contributed by atoms with Gasteiger partial charge >= 0.3 is 0 Å². The average molecular weight is 272 g/mol. The fourth-order valence-corrected chi connectivity index (χ4v) is 1.80. The lowest BCUT2D eigenvalue weighted by molar-refractivity contribution is 0.0532. The van der Waals surface area contributed by atoms with Crippen molar-refractivity contribution in [2.24, 2.45) is 0 Å². The predicted octanol–water partition coefficient (Wildman–Crippen LogP) is 1.32. The molecular weight excluding hydrogens is 254 g/mol. The second-order valence-corrected chi connectivity index (χ2v) is 4.99. The van der Waals surface area contributed by atoms with E-state index in [-0.39, 0.29) is 13.2 Å². The summed E-state index contributed by atoms with van der Waals surface area (Å²) in [5.74, 6) is 0.694. The zero-order valence-corrected chi connectivity index (χ0v) is 10.9. The van der Waals surface area contributed by atoms with Crippen LogP contribution in [0.15, 0.2) is 18.2 Å². The van der Waals surface area contributed by atoms with Gasteiger partial charge in [-0.15, -0.1) is 0 Å². The maximum absolute atomic E-state index is 9.28. The number of hydrogen-bond acceptors (Lipinski definition) is 4. The summed E-state index contributed by atoms with van der Waals surface area (Å²) in [4.78, 5) is 0. The van der Waals surface area contributed by atoms with Crippen molar-refractivity contribution in [2.45, 2.75) is 31.5 Å². The van der Waals surface area contributed by atoms with Gasteiger partial charge in [0.2, 0.25) is 0 Å². The van der Waals surface area contributed by atoms with Gasteiger partial charge < -0.3 is 20.3 Å². The maximum Gasteiger partial charge on any atom is 0.124 e. The number of nitrogens with one attached hydrogen (secondary N) is 1. The molecule has 2 rings (SSSR count). The van der Waals surface area contributed by atoms with Gasteiger partial charge in [0.1, 0.15) is 18.5 Å². The molecule has 0 bridgehead atoms. The van der Waals surface area contributed by atoms with Crippen molar-refractivity contribution >= 4 is 11.6 Å². The first kappa shape index (κ1) is 13.6. The van der Waals surface area contributed by atoms with Gasteiger partial charge in [0.15, 0.2) is 0 Å². The van der Waals surface area contributed by atoms with Crippen LogP contribution >= 0.6 is 11.6 Å². The summed E-state index contributed by atoms with van der Waals surface area (Å²) < 4.78 is 5.49. The predicted molar refractivity (Wildman–Crippen MR) is 69.9 cm³/mol. The van der Waals surface area contributed by atoms with E-state index < -0.39 is 6.10 Å². The van der Waals surface area contributed by atoms with Gasteiger partial charge in [-0.2, -0.15) is 0 Å². The Morgan fingerprint density at radius 1 is 1.44 bits per heavy atom. The molecule has 18 heavy (non-hydrogen) atoms. The van der Waals surface area contributed by atoms with Gasteiger partial charge in [0.25, 0.3) is 0 Å². The van der Waals surface area contributed by atoms with E-state index in [1.54, 1.807) is 12.1 Å². The third-order valence-electron chi connectivity index (χ3n) is 2.82. The molecule has 0 aliphatic heterocycles. The largest absolute Gasteiger partial charge is 0.490 e. The van der Waals surface area contributed by atoms with E-state index in [0.717, 1.165) is 5.56 Å². The molecule has 1 atom stereocenters. The highest BCUT2D eigenvalue weighted by atomic mass is 35.5. The van der Waals surface area contributed by atoms with Crippen molar-refractivity contribution in [3.63, 3.8) is 0 Å². The van der Waals surface area contributed by atoms with E-state index in [1.807, 2.05) is 6.07 Å². The summed E-state index contributed by atoms with van der Waals surface area (Å²) in [6.07, 6.45) is 1.59. The molecule has 0 aromatic heterocycles. The molecular formula is C13H18ClNO3. The Balaban J connectivity index is 1.97. The molecule has 5 heteroatoms. The number of ether oxygens (including phenoxy) is 1. The Hall–Kier alpha value is -0.810. The van der Waals surface area contributed by atoms with Crippen molar-refractivity contribution in [1.29, 1.82) is 0 Å². The van der Waals surface area contributed by atoms with Gasteiger partial charge in [0, 0.05) is 23.2 Å². The Labute approximate surface area is 112 Å². The molecule has 1 aliphatic rings. The SMILES string of the molecule is OCC(O)COc1ccc(Cl)cc1CNC1CC1. The minimum Gasteiger partial charge on any atom is -0.490 e. The topological polar surface area (TPSA) is 61.7 Å². The molecule has 1 aromatic carbocycles. The zero-order chi connectivity index (χ0) is 13.0. The van der Waals surface area contributed by atoms with Crippen LogP contribution in [0.5, 0.6) is 5.75 Å². The first-order valence-corrected chi connectivity index (χ1v) is 6.50. The van der Waals surface area contributed by atoms with Crippen molar-refractivity contribution in [1.82, 2.24) is 5.32 Å². The van der Waals surface area contributed by atoms with Crippen LogP contribution in [-0.2, 0) is 6.54 Å². The molecule has 1 aromatic rings. The van der Waals surface area contributed by atoms with Gasteiger partial charge in [-0.1, -0.05) is 11.6 Å². The molecule has 1 saturated carbocycles. The Bertz CT molecular complexity index is 396. The molecule has 1 unspecified atom stereocenters. The van der Waals surface area contributed by atoms with Crippen molar-refractivity contribution in [2.75, 3.05) is 13.2 Å². The molecule has 4 nitrogen and oxygen atoms in total. The number of rotatable bonds is 7. The molecule has 0 spiro atoms. The van der Waals surface area contributed by atoms with E-state index in [0.29, 0.717) is 23.4 Å². The molecule has 100 valence electrons. The van der Waals surface area contributed by atoms with E-state index in [2.05, 4.69) is 5.32 Å². The quantitative estimate of drug-likeness (QED) is 0.700. The van der Waals surface area contributed by atoms with Crippen LogP contribution in [0.1, 0.15) is 18.4 Å². The third kappa shape index (κ3) is 4.14. The van der Waals surface area contributed by atoms with E-state index >= 15 is 0 Å². The monoisotopic (exact) mass is 271 g/mol. The Morgan fingerprint density at radius 2 is 2.22 bits per heavy atom. The number of halogens is 1. The third-order valence-corrected chi connectivity index (χ3v) is 3.06. The van der Waals surface area contributed by atoms with Gasteiger partial charge in [0.05, 0.1) is 6.61 Å². The summed E-state index contributed by atoms with van der Waals surface area (Å²) >= 11 is 5.97. The second kappa shape index (κ2) is 6.38. The summed E-state index contributed by atoms with van der Waals surface area (Å²) in [6.45, 7) is 0.480. The fourth-order valence-electron chi connectivity index (χ4n) is 1.61. The van der Waals surface area contributed by atoms with Crippen LogP contribution in [0.2, 0.25) is 5.02 Å². The summed E-state index contributed by atoms with van der Waals surface area (Å²) in [6, 6.07) is 6.01. The van der Waals surface area contributed by atoms with E-state index in [1.165, 1.54) is 12.8 Å². The molecule has 0 saturated heterocycles. The highest BCUT2D eigenvalue weighted by Crippen LogP contribution is 2.25. The summed E-state index contributed by atoms with van der Waals surface area (Å²) in [7, 11) is 0. The lowest BCUT2D eigenvalue weighted by Gasteiger charge is -2.14. The van der Waals surface area contributed by atoms with Gasteiger partial charge in [-0.3, -0.25) is 0 Å². The summed E-state index contributed by atoms with van der Waals surface area (Å²) in [5, 5.41) is 22.1.